The fourth-order valence-electron chi connectivity index (χ4n) is 11.4. The first-order chi connectivity index (χ1) is 31.9. The van der Waals surface area contributed by atoms with E-state index < -0.39 is 0 Å². The number of allylic oxidation sites excluding steroid dienone is 1. The van der Waals surface area contributed by atoms with Gasteiger partial charge in [0.2, 0.25) is 0 Å². The minimum absolute atomic E-state index is 0.0488. The van der Waals surface area contributed by atoms with Gasteiger partial charge in [-0.3, -0.25) is 18.8 Å². The molecule has 2 aromatic heterocycles. The molecule has 6 nitrogen and oxygen atoms in total. The van der Waals surface area contributed by atoms with Crippen LogP contribution < -0.4 is 15.7 Å². The third-order valence-electron chi connectivity index (χ3n) is 14.1. The number of anilines is 1. The van der Waals surface area contributed by atoms with Gasteiger partial charge in [0.1, 0.15) is 5.65 Å². The van der Waals surface area contributed by atoms with Gasteiger partial charge in [0, 0.05) is 52.5 Å². The second kappa shape index (κ2) is 13.5. The third-order valence-corrected chi connectivity index (χ3v) is 14.1. The maximum atomic E-state index is 14.2. The second-order valence-corrected chi connectivity index (χ2v) is 17.4. The second-order valence-electron chi connectivity index (χ2n) is 17.4. The van der Waals surface area contributed by atoms with E-state index >= 15 is 0 Å². The van der Waals surface area contributed by atoms with Gasteiger partial charge < -0.3 is 4.90 Å². The Morgan fingerprint density at radius 1 is 0.538 bits per heavy atom. The fourth-order valence-corrected chi connectivity index (χ4v) is 11.4. The number of hydrogen-bond donors (Lipinski definition) is 0. The number of benzene rings is 11. The number of aldehydes is 2. The quantitative estimate of drug-likeness (QED) is 0.100. The molecule has 6 heteroatoms. The Morgan fingerprint density at radius 2 is 1.08 bits per heavy atom. The zero-order chi connectivity index (χ0) is 43.8. The number of hydrogen-bond acceptors (Lipinski definition) is 5. The predicted molar refractivity (Wildman–Crippen MR) is 271 cm³/mol. The average molecular weight is 836 g/mol. The van der Waals surface area contributed by atoms with Crippen molar-refractivity contribution < 1.29 is 9.59 Å². The molecule has 11 aromatic carbocycles. The molecule has 0 N–H and O–H groups in total. The standard InChI is InChI=1S/C51H26N2O3.C8H11N/c1-2-5-29-32-14-16-34-36-18-20-38-49-39(51(56)53-42-7-4-3-6-41(42)52-50(38)53)21-19-37(48(36)49)35-17-15-33(46(32)47(34)35)31-13-12-28-30-11-10-27(24-55)43-26(23-54)9-8-25(44(30)43)22-40(28)45(29)31;1-9(2)8-6-4-3-5-7-8/h2-21,23-24H,1,22H2;3-7H,1-2H3/b29-5-;. The van der Waals surface area contributed by atoms with Crippen LogP contribution in [0.2, 0.25) is 0 Å². The Bertz CT molecular complexity index is 4340. The summed E-state index contributed by atoms with van der Waals surface area (Å²) in [7, 11) is 4.07. The molecule has 0 atom stereocenters. The lowest BCUT2D eigenvalue weighted by atomic mass is 9.78. The van der Waals surface area contributed by atoms with Gasteiger partial charge in [-0.1, -0.05) is 122 Å². The lowest BCUT2D eigenvalue weighted by Crippen LogP contribution is -2.13. The van der Waals surface area contributed by atoms with Crippen LogP contribution in [0, 0.1) is 0 Å². The van der Waals surface area contributed by atoms with E-state index in [1.54, 1.807) is 4.40 Å². The van der Waals surface area contributed by atoms with E-state index in [-0.39, 0.29) is 5.56 Å². The minimum atomic E-state index is -0.0488. The number of rotatable bonds is 4. The van der Waals surface area contributed by atoms with Gasteiger partial charge >= 0.3 is 0 Å². The molecule has 0 saturated heterocycles. The van der Waals surface area contributed by atoms with Gasteiger partial charge in [0.15, 0.2) is 12.6 Å². The maximum Gasteiger partial charge on any atom is 0.264 e. The van der Waals surface area contributed by atoms with Gasteiger partial charge in [-0.05, 0) is 135 Å². The smallest absolute Gasteiger partial charge is 0.264 e. The Labute approximate surface area is 371 Å². The van der Waals surface area contributed by atoms with E-state index in [2.05, 4.69) is 84.3 Å². The number of carbonyl (C=O) groups excluding carboxylic acids is 2. The summed E-state index contributed by atoms with van der Waals surface area (Å²) in [4.78, 5) is 45.6. The van der Waals surface area contributed by atoms with Crippen molar-refractivity contribution in [1.29, 1.82) is 0 Å². The van der Waals surface area contributed by atoms with Crippen LogP contribution in [0.3, 0.4) is 0 Å². The molecular formula is C59H37N3O3. The summed E-state index contributed by atoms with van der Waals surface area (Å²) in [5, 5.41) is 18.2. The fraction of sp³-hybridized carbons (Fsp3) is 0.0508. The monoisotopic (exact) mass is 835 g/mol. The van der Waals surface area contributed by atoms with E-state index in [1.807, 2.05) is 93.0 Å². The molecule has 0 aliphatic heterocycles. The van der Waals surface area contributed by atoms with Crippen molar-refractivity contribution in [3.8, 4) is 11.1 Å². The van der Waals surface area contributed by atoms with Gasteiger partial charge in [-0.2, -0.15) is 0 Å². The summed E-state index contributed by atoms with van der Waals surface area (Å²) in [5.74, 6) is 0. The van der Waals surface area contributed by atoms with Crippen LogP contribution in [-0.4, -0.2) is 36.1 Å². The van der Waals surface area contributed by atoms with Crippen molar-refractivity contribution in [3.05, 3.63) is 190 Å². The maximum absolute atomic E-state index is 14.2. The molecule has 0 spiro atoms. The van der Waals surface area contributed by atoms with Crippen LogP contribution >= 0.6 is 0 Å². The summed E-state index contributed by atoms with van der Waals surface area (Å²) in [6.45, 7) is 4.17. The van der Waals surface area contributed by atoms with E-state index in [0.717, 1.165) is 99.4 Å². The molecule has 0 amide bonds. The molecule has 2 heterocycles. The number of aromatic nitrogens is 2. The molecule has 65 heavy (non-hydrogen) atoms. The van der Waals surface area contributed by atoms with Crippen molar-refractivity contribution in [1.82, 2.24) is 9.38 Å². The molecule has 0 saturated carbocycles. The van der Waals surface area contributed by atoms with Crippen molar-refractivity contribution in [3.63, 3.8) is 0 Å². The number of fused-ring (bicyclic) bond motifs is 11. The summed E-state index contributed by atoms with van der Waals surface area (Å²) in [5.41, 5.74) is 9.05. The molecule has 0 bridgehead atoms. The minimum Gasteiger partial charge on any atom is -0.378 e. The first-order valence-corrected chi connectivity index (χ1v) is 21.8. The summed E-state index contributed by atoms with van der Waals surface area (Å²) >= 11 is 0. The van der Waals surface area contributed by atoms with Crippen molar-refractivity contribution in [2.75, 3.05) is 19.0 Å². The van der Waals surface area contributed by atoms with Crippen molar-refractivity contribution in [2.45, 2.75) is 6.42 Å². The van der Waals surface area contributed by atoms with E-state index in [4.69, 9.17) is 4.98 Å². The number of imidazole rings is 1. The van der Waals surface area contributed by atoms with Crippen LogP contribution in [0.25, 0.3) is 120 Å². The number of para-hydroxylation sites is 3. The summed E-state index contributed by atoms with van der Waals surface area (Å²) in [6.07, 6.45) is 6.38. The molecule has 1 aliphatic carbocycles. The van der Waals surface area contributed by atoms with E-state index in [9.17, 15) is 14.4 Å². The zero-order valence-electron chi connectivity index (χ0n) is 35.6. The highest BCUT2D eigenvalue weighted by Crippen LogP contribution is 2.48. The topological polar surface area (TPSA) is 71.8 Å². The van der Waals surface area contributed by atoms with Crippen molar-refractivity contribution >= 4 is 127 Å². The lowest BCUT2D eigenvalue weighted by molar-refractivity contribution is 0.112. The highest BCUT2D eigenvalue weighted by molar-refractivity contribution is 6.41. The van der Waals surface area contributed by atoms with Crippen LogP contribution in [0.15, 0.2) is 157 Å². The Morgan fingerprint density at radius 3 is 1.72 bits per heavy atom. The molecular weight excluding hydrogens is 799 g/mol. The molecule has 0 radical (unpaired) electrons. The number of pyridine rings is 1. The highest BCUT2D eigenvalue weighted by Gasteiger charge is 2.27. The molecule has 13 aromatic rings. The molecule has 0 unspecified atom stereocenters. The lowest BCUT2D eigenvalue weighted by Gasteiger charge is -2.25. The Kier molecular flexibility index (Phi) is 7.71. The summed E-state index contributed by atoms with van der Waals surface area (Å²) < 4.78 is 1.77. The molecule has 14 rings (SSSR count). The Balaban J connectivity index is 0.000000424. The highest BCUT2D eigenvalue weighted by atomic mass is 16.1. The Hall–Kier alpha value is -8.48. The van der Waals surface area contributed by atoms with E-state index in [1.165, 1.54) is 38.2 Å². The number of nitrogens with zero attached hydrogens (tertiary/aromatic N) is 3. The van der Waals surface area contributed by atoms with Gasteiger partial charge in [0.05, 0.1) is 11.0 Å². The summed E-state index contributed by atoms with van der Waals surface area (Å²) in [6, 6.07) is 47.9. The van der Waals surface area contributed by atoms with Crippen molar-refractivity contribution in [2.24, 2.45) is 0 Å². The van der Waals surface area contributed by atoms with Gasteiger partial charge in [-0.25, -0.2) is 4.98 Å². The number of carbonyl (C=O) groups is 2. The average Bonchev–Trinajstić information content (AvgIpc) is 3.75. The predicted octanol–water partition coefficient (Wildman–Crippen LogP) is 12.6. The van der Waals surface area contributed by atoms with Gasteiger partial charge in [0.25, 0.3) is 5.56 Å². The van der Waals surface area contributed by atoms with Crippen LogP contribution in [0.1, 0.15) is 31.8 Å². The molecule has 0 fully saturated rings. The first-order valence-electron chi connectivity index (χ1n) is 21.8. The first kappa shape index (κ1) is 37.1. The zero-order valence-corrected chi connectivity index (χ0v) is 35.6. The normalized spacial score (nSPS) is 12.7. The molecule has 306 valence electrons. The SMILES string of the molecule is C=C/C=c1/c2ccc3c4ccc5c6c(ccc(c7ccc(c8ccc9c(c18)Cc1ccc(C=O)c8c(C=O)ccc-9c18)c2c37)c46)c(=O)n1c2ccccc2nc51.CN(C)c1ccccc1. The van der Waals surface area contributed by atoms with Crippen LogP contribution in [0.4, 0.5) is 5.69 Å². The molecule has 1 aliphatic rings. The largest absolute Gasteiger partial charge is 0.378 e. The third kappa shape index (κ3) is 4.88. The van der Waals surface area contributed by atoms with Gasteiger partial charge in [-0.15, -0.1) is 0 Å². The van der Waals surface area contributed by atoms with E-state index in [0.29, 0.717) is 28.6 Å². The van der Waals surface area contributed by atoms with Crippen LogP contribution in [0.5, 0.6) is 0 Å². The van der Waals surface area contributed by atoms with Crippen LogP contribution in [-0.2, 0) is 6.42 Å².